The van der Waals surface area contributed by atoms with E-state index in [4.69, 9.17) is 19.4 Å². The summed E-state index contributed by atoms with van der Waals surface area (Å²) in [5.74, 6) is 2.74. The number of methoxy groups -OCH3 is 2. The molecule has 1 aromatic carbocycles. The van der Waals surface area contributed by atoms with Crippen molar-refractivity contribution in [2.24, 2.45) is 0 Å². The molecule has 10 heteroatoms. The van der Waals surface area contributed by atoms with E-state index in [9.17, 15) is 0 Å². The molecule has 4 aromatic heterocycles. The first-order chi connectivity index (χ1) is 17.1. The summed E-state index contributed by atoms with van der Waals surface area (Å²) >= 11 is 0. The maximum atomic E-state index is 5.32. The molecule has 35 heavy (non-hydrogen) atoms. The first-order valence-corrected chi connectivity index (χ1v) is 11.0. The maximum Gasteiger partial charge on any atom is 0.365 e. The van der Waals surface area contributed by atoms with Gasteiger partial charge >= 0.3 is 5.88 Å². The standard InChI is InChI=1S/C25H24N8O2/c1-15-31-22(23-25(32-15)30-14-29-23)20-9-16(11-26-17-5-4-6-19(10-17)34-2)12-28-24(20)33-18-7-8-21(35-3)27-13-18/h4-10,12-14,26H,11H2,1-3H3,(H,28,33)(H,29,30,31,32)/p+1. The minimum absolute atomic E-state index is 0.569. The highest BCUT2D eigenvalue weighted by Gasteiger charge is 2.17. The smallest absolute Gasteiger partial charge is 0.365 e. The average molecular weight is 470 g/mol. The van der Waals surface area contributed by atoms with Crippen LogP contribution in [0.25, 0.3) is 22.4 Å². The van der Waals surface area contributed by atoms with E-state index in [0.29, 0.717) is 29.7 Å². The van der Waals surface area contributed by atoms with Gasteiger partial charge in [0.15, 0.2) is 11.8 Å². The Hall–Kier alpha value is -4.73. The average Bonchev–Trinajstić information content (AvgIpc) is 3.36. The summed E-state index contributed by atoms with van der Waals surface area (Å²) in [6.07, 6.45) is 5.28. The normalized spacial score (nSPS) is 10.8. The number of benzene rings is 1. The Morgan fingerprint density at radius 1 is 1.00 bits per heavy atom. The van der Waals surface area contributed by atoms with Crippen molar-refractivity contribution in [3.05, 3.63) is 72.6 Å². The molecule has 0 atom stereocenters. The Kier molecular flexibility index (Phi) is 6.08. The van der Waals surface area contributed by atoms with Gasteiger partial charge in [0.1, 0.15) is 34.3 Å². The Balaban J connectivity index is 1.52. The SMILES string of the molecule is COc1cccc(NCc2cnc(Nc3ccc(OC)[nH+]c3)c(-c3nc(C)nc4nc[nH]c34)c2)c1. The van der Waals surface area contributed by atoms with E-state index in [1.54, 1.807) is 20.5 Å². The van der Waals surface area contributed by atoms with E-state index in [-0.39, 0.29) is 0 Å². The molecule has 4 N–H and O–H groups in total. The highest BCUT2D eigenvalue weighted by molar-refractivity contribution is 5.91. The first-order valence-electron chi connectivity index (χ1n) is 11.0. The summed E-state index contributed by atoms with van der Waals surface area (Å²) in [5.41, 5.74) is 5.67. The van der Waals surface area contributed by atoms with Crippen LogP contribution in [0.1, 0.15) is 11.4 Å². The second-order valence-corrected chi connectivity index (χ2v) is 7.82. The summed E-state index contributed by atoms with van der Waals surface area (Å²) in [5, 5.41) is 6.81. The van der Waals surface area contributed by atoms with Crippen molar-refractivity contribution < 1.29 is 14.5 Å². The largest absolute Gasteiger partial charge is 0.497 e. The number of rotatable bonds is 8. The van der Waals surface area contributed by atoms with Gasteiger partial charge in [0.05, 0.1) is 26.6 Å². The van der Waals surface area contributed by atoms with Crippen molar-refractivity contribution in [3.63, 3.8) is 0 Å². The number of imidazole rings is 1. The van der Waals surface area contributed by atoms with E-state index in [0.717, 1.165) is 39.5 Å². The lowest BCUT2D eigenvalue weighted by atomic mass is 10.1. The monoisotopic (exact) mass is 469 g/mol. The lowest BCUT2D eigenvalue weighted by Crippen LogP contribution is -2.09. The minimum Gasteiger partial charge on any atom is -0.497 e. The summed E-state index contributed by atoms with van der Waals surface area (Å²) in [6.45, 7) is 2.42. The van der Waals surface area contributed by atoms with Crippen molar-refractivity contribution >= 4 is 28.4 Å². The molecule has 0 spiro atoms. The third kappa shape index (κ3) is 4.81. The Labute approximate surface area is 201 Å². The fraction of sp³-hybridized carbons (Fsp3) is 0.160. The quantitative estimate of drug-likeness (QED) is 0.312. The topological polar surface area (TPSA) is 124 Å². The van der Waals surface area contributed by atoms with Crippen LogP contribution in [0.4, 0.5) is 17.2 Å². The van der Waals surface area contributed by atoms with Crippen LogP contribution in [0.3, 0.4) is 0 Å². The van der Waals surface area contributed by atoms with Crippen LogP contribution in [0.2, 0.25) is 0 Å². The van der Waals surface area contributed by atoms with Crippen molar-refractivity contribution in [1.29, 1.82) is 0 Å². The van der Waals surface area contributed by atoms with Crippen LogP contribution in [0.15, 0.2) is 61.2 Å². The highest BCUT2D eigenvalue weighted by atomic mass is 16.5. The lowest BCUT2D eigenvalue weighted by Gasteiger charge is -2.14. The first kappa shape index (κ1) is 22.1. The van der Waals surface area contributed by atoms with Crippen LogP contribution in [-0.4, -0.2) is 39.1 Å². The van der Waals surface area contributed by atoms with E-state index >= 15 is 0 Å². The van der Waals surface area contributed by atoms with Crippen LogP contribution < -0.4 is 25.1 Å². The van der Waals surface area contributed by atoms with E-state index in [1.165, 1.54) is 0 Å². The molecule has 0 radical (unpaired) electrons. The number of nitrogens with zero attached hydrogens (tertiary/aromatic N) is 4. The van der Waals surface area contributed by atoms with Gasteiger partial charge in [0, 0.05) is 30.1 Å². The second kappa shape index (κ2) is 9.64. The molecule has 0 bridgehead atoms. The number of ether oxygens (including phenoxy) is 2. The molecule has 0 aliphatic carbocycles. The van der Waals surface area contributed by atoms with E-state index in [2.05, 4.69) is 36.6 Å². The van der Waals surface area contributed by atoms with Gasteiger partial charge in [-0.25, -0.2) is 19.9 Å². The van der Waals surface area contributed by atoms with Gasteiger partial charge in [-0.3, -0.25) is 0 Å². The number of aryl methyl sites for hydroxylation is 1. The van der Waals surface area contributed by atoms with Crippen LogP contribution in [-0.2, 0) is 6.54 Å². The Morgan fingerprint density at radius 2 is 1.91 bits per heavy atom. The zero-order valence-corrected chi connectivity index (χ0v) is 19.6. The van der Waals surface area contributed by atoms with Gasteiger partial charge < -0.3 is 25.1 Å². The Bertz CT molecular complexity index is 1470. The van der Waals surface area contributed by atoms with Gasteiger partial charge in [-0.1, -0.05) is 6.07 Å². The molecule has 4 heterocycles. The molecule has 0 aliphatic heterocycles. The fourth-order valence-electron chi connectivity index (χ4n) is 3.71. The summed E-state index contributed by atoms with van der Waals surface area (Å²) < 4.78 is 10.5. The van der Waals surface area contributed by atoms with Crippen LogP contribution >= 0.6 is 0 Å². The second-order valence-electron chi connectivity index (χ2n) is 7.82. The zero-order chi connectivity index (χ0) is 24.2. The summed E-state index contributed by atoms with van der Waals surface area (Å²) in [6, 6.07) is 13.6. The third-order valence-corrected chi connectivity index (χ3v) is 5.43. The molecular formula is C25H25N8O2+. The molecule has 5 rings (SSSR count). The predicted octanol–water partition coefficient (Wildman–Crippen LogP) is 3.91. The molecule has 5 aromatic rings. The van der Waals surface area contributed by atoms with E-state index in [1.807, 2.05) is 55.7 Å². The number of nitrogens with one attached hydrogen (secondary N) is 4. The van der Waals surface area contributed by atoms with Crippen LogP contribution in [0, 0.1) is 6.92 Å². The number of pyridine rings is 2. The molecule has 0 fully saturated rings. The predicted molar refractivity (Wildman–Crippen MR) is 133 cm³/mol. The lowest BCUT2D eigenvalue weighted by molar-refractivity contribution is -0.392. The number of H-pyrrole nitrogens is 2. The molecule has 0 amide bonds. The van der Waals surface area contributed by atoms with E-state index < -0.39 is 0 Å². The molecule has 0 saturated carbocycles. The van der Waals surface area contributed by atoms with Gasteiger partial charge in [-0.05, 0) is 36.8 Å². The zero-order valence-electron chi connectivity index (χ0n) is 19.6. The molecule has 0 unspecified atom stereocenters. The number of aromatic amines is 2. The van der Waals surface area contributed by atoms with Crippen molar-refractivity contribution in [1.82, 2.24) is 24.9 Å². The number of hydrogen-bond acceptors (Lipinski definition) is 8. The number of hydrogen-bond donors (Lipinski definition) is 3. The van der Waals surface area contributed by atoms with Crippen molar-refractivity contribution in [2.75, 3.05) is 24.9 Å². The molecular weight excluding hydrogens is 444 g/mol. The number of aromatic nitrogens is 6. The fourth-order valence-corrected chi connectivity index (χ4v) is 3.71. The summed E-state index contributed by atoms with van der Waals surface area (Å²) in [7, 11) is 3.27. The van der Waals surface area contributed by atoms with Gasteiger partial charge in [0.2, 0.25) is 0 Å². The molecule has 176 valence electrons. The molecule has 0 saturated heterocycles. The number of anilines is 3. The molecule has 0 aliphatic rings. The highest BCUT2D eigenvalue weighted by Crippen LogP contribution is 2.32. The van der Waals surface area contributed by atoms with Crippen molar-refractivity contribution in [3.8, 4) is 22.9 Å². The van der Waals surface area contributed by atoms with Gasteiger partial charge in [0.25, 0.3) is 0 Å². The third-order valence-electron chi connectivity index (χ3n) is 5.43. The molecule has 10 nitrogen and oxygen atoms in total. The van der Waals surface area contributed by atoms with Gasteiger partial charge in [-0.2, -0.15) is 4.98 Å². The maximum absolute atomic E-state index is 5.32. The van der Waals surface area contributed by atoms with Crippen molar-refractivity contribution in [2.45, 2.75) is 13.5 Å². The minimum atomic E-state index is 0.569. The Morgan fingerprint density at radius 3 is 2.71 bits per heavy atom. The van der Waals surface area contributed by atoms with Gasteiger partial charge in [-0.15, -0.1) is 0 Å². The number of fused-ring (bicyclic) bond motifs is 1. The van der Waals surface area contributed by atoms with Crippen LogP contribution in [0.5, 0.6) is 11.6 Å². The summed E-state index contributed by atoms with van der Waals surface area (Å²) in [4.78, 5) is 24.5.